The van der Waals surface area contributed by atoms with Crippen molar-refractivity contribution in [3.63, 3.8) is 0 Å². The fourth-order valence-electron chi connectivity index (χ4n) is 8.74. The maximum Gasteiger partial charge on any atom is 0.247 e. The zero-order valence-corrected chi connectivity index (χ0v) is 40.0. The summed E-state index contributed by atoms with van der Waals surface area (Å²) in [5, 5.41) is 0. The Balaban J connectivity index is 0.000000205. The molecule has 4 heterocycles. The van der Waals surface area contributed by atoms with Crippen LogP contribution in [0.15, 0.2) is 62.2 Å². The van der Waals surface area contributed by atoms with Crippen molar-refractivity contribution >= 4 is 38.7 Å². The summed E-state index contributed by atoms with van der Waals surface area (Å²) >= 11 is 5.30. The number of nitrogens with zero attached hydrogens (tertiary/aromatic N) is 8. The van der Waals surface area contributed by atoms with Crippen LogP contribution in [0.3, 0.4) is 0 Å². The van der Waals surface area contributed by atoms with Crippen molar-refractivity contribution in [2.45, 2.75) is 159 Å². The molecule has 0 spiro atoms. The maximum atomic E-state index is 2.43. The third kappa shape index (κ3) is 13.7. The number of aromatic nitrogens is 4. The predicted octanol–water partition coefficient (Wildman–Crippen LogP) is 3.18. The molecular formula is C38H60Br2I2N8Pt. The zero-order valence-electron chi connectivity index (χ0n) is 30.2. The quantitative estimate of drug-likeness (QED) is 0.231. The molecule has 51 heavy (non-hydrogen) atoms. The van der Waals surface area contributed by atoms with Gasteiger partial charge in [-0.3, -0.25) is 0 Å². The van der Waals surface area contributed by atoms with Gasteiger partial charge in [-0.1, -0.05) is 51.4 Å². The molecule has 2 aliphatic heterocycles. The van der Waals surface area contributed by atoms with Gasteiger partial charge in [-0.15, -0.1) is 0 Å². The molecule has 0 radical (unpaired) electrons. The van der Waals surface area contributed by atoms with Crippen molar-refractivity contribution in [2.24, 2.45) is 0 Å². The van der Waals surface area contributed by atoms with Crippen molar-refractivity contribution < 1.29 is 54.3 Å². The van der Waals surface area contributed by atoms with E-state index in [4.69, 9.17) is 0 Å². The Morgan fingerprint density at radius 3 is 1.20 bits per heavy atom. The van der Waals surface area contributed by atoms with E-state index >= 15 is 0 Å². The molecule has 4 aliphatic carbocycles. The van der Waals surface area contributed by atoms with Crippen LogP contribution in [0.5, 0.6) is 0 Å². The second kappa shape index (κ2) is 24.0. The maximum absolute atomic E-state index is 2.43. The topological polar surface area (TPSA) is 30.6 Å². The molecule has 8 nitrogen and oxygen atoms in total. The van der Waals surface area contributed by atoms with Crippen molar-refractivity contribution in [3.8, 4) is 0 Å². The molecule has 8 rings (SSSR count). The first-order valence-corrected chi connectivity index (χ1v) is 32.2. The molecule has 0 N–H and O–H groups in total. The summed E-state index contributed by atoms with van der Waals surface area (Å²) in [6.07, 6.45) is 50.1. The van der Waals surface area contributed by atoms with E-state index in [0.717, 1.165) is 37.5 Å². The SMILES string of the molecule is C1=CN(C2CCCCC2)[CH-]N1CN1C=CN(C2CCCCC2)[CH-]1.[Br-].[Br-].[I][Pt+2][I].c1c[n+](C[n+]2ccn(C3CCCCC3)c2)cn1C1CCCCC1. The Labute approximate surface area is 359 Å². The molecule has 0 bridgehead atoms. The number of rotatable bonds is 8. The zero-order chi connectivity index (χ0) is 33.7. The molecule has 0 unspecified atom stereocenters. The van der Waals surface area contributed by atoms with E-state index in [0.29, 0.717) is 11.2 Å². The first kappa shape index (κ1) is 43.9. The summed E-state index contributed by atoms with van der Waals surface area (Å²) in [5.41, 5.74) is 0. The summed E-state index contributed by atoms with van der Waals surface area (Å²) in [4.78, 5) is 9.47. The van der Waals surface area contributed by atoms with Crippen LogP contribution in [0.2, 0.25) is 0 Å². The van der Waals surface area contributed by atoms with Gasteiger partial charge >= 0.3 is 49.9 Å². The molecule has 0 atom stereocenters. The number of imidazole rings is 2. The van der Waals surface area contributed by atoms with Gasteiger partial charge in [0.15, 0.2) is 0 Å². The molecule has 290 valence electrons. The van der Waals surface area contributed by atoms with Crippen LogP contribution in [0, 0.1) is 13.3 Å². The minimum atomic E-state index is 0. The Morgan fingerprint density at radius 1 is 0.510 bits per heavy atom. The van der Waals surface area contributed by atoms with E-state index in [2.05, 4.69) is 152 Å². The van der Waals surface area contributed by atoms with Crippen LogP contribution < -0.4 is 43.1 Å². The molecule has 13 heteroatoms. The van der Waals surface area contributed by atoms with Gasteiger partial charge in [0.05, 0.1) is 0 Å². The minimum absolute atomic E-state index is 0. The summed E-state index contributed by atoms with van der Waals surface area (Å²) in [6, 6.07) is 2.90. The van der Waals surface area contributed by atoms with Gasteiger partial charge in [0.2, 0.25) is 19.3 Å². The fraction of sp³-hybridized carbons (Fsp3) is 0.684. The Morgan fingerprint density at radius 2 is 0.843 bits per heavy atom. The van der Waals surface area contributed by atoms with Crippen LogP contribution in [0.25, 0.3) is 0 Å². The van der Waals surface area contributed by atoms with Gasteiger partial charge in [0.25, 0.3) is 0 Å². The summed E-state index contributed by atoms with van der Waals surface area (Å²) in [5.74, 6) is 0. The van der Waals surface area contributed by atoms with E-state index in [1.807, 2.05) is 0 Å². The van der Waals surface area contributed by atoms with Crippen LogP contribution >= 0.6 is 38.7 Å². The second-order valence-corrected chi connectivity index (χ2v) is 31.6. The smallest absolute Gasteiger partial charge is 0.234 e. The van der Waals surface area contributed by atoms with Crippen LogP contribution in [-0.2, 0) is 17.9 Å². The van der Waals surface area contributed by atoms with Gasteiger partial charge in [0, 0.05) is 18.8 Å². The monoisotopic (exact) mass is 1240 g/mol. The molecule has 4 saturated carbocycles. The van der Waals surface area contributed by atoms with Gasteiger partial charge in [-0.05, 0) is 102 Å². The summed E-state index contributed by atoms with van der Waals surface area (Å²) in [6.45, 7) is 6.42. The van der Waals surface area contributed by atoms with Gasteiger partial charge in [-0.25, -0.2) is 9.13 Å². The first-order chi connectivity index (χ1) is 24.2. The molecule has 0 aromatic carbocycles. The van der Waals surface area contributed by atoms with Crippen molar-refractivity contribution in [1.82, 2.24) is 28.7 Å². The minimum Gasteiger partial charge on any atom is -0.234 e. The number of hydrogen-bond acceptors (Lipinski definition) is 4. The second-order valence-electron chi connectivity index (χ2n) is 15.0. The predicted molar refractivity (Wildman–Crippen MR) is 210 cm³/mol. The van der Waals surface area contributed by atoms with Gasteiger partial charge in [0.1, 0.15) is 36.9 Å². The normalized spacial score (nSPS) is 21.9. The molecule has 0 amide bonds. The molecule has 0 saturated heterocycles. The molecule has 6 aliphatic rings. The van der Waals surface area contributed by atoms with E-state index < -0.39 is 0 Å². The summed E-state index contributed by atoms with van der Waals surface area (Å²) < 4.78 is 9.47. The van der Waals surface area contributed by atoms with E-state index in [9.17, 15) is 0 Å². The van der Waals surface area contributed by atoms with Crippen LogP contribution in [-0.4, -0.2) is 47.5 Å². The molecule has 2 aromatic heterocycles. The molecular weight excluding hydrogens is 1180 g/mol. The van der Waals surface area contributed by atoms with E-state index in [-0.39, 0.29) is 34.0 Å². The van der Waals surface area contributed by atoms with Crippen molar-refractivity contribution in [1.29, 1.82) is 0 Å². The average Bonchev–Trinajstić information content (AvgIpc) is 4.00. The average molecular weight is 1240 g/mol. The van der Waals surface area contributed by atoms with Gasteiger partial charge in [-0.2, -0.15) is 22.5 Å². The Bertz CT molecular complexity index is 1190. The van der Waals surface area contributed by atoms with Crippen molar-refractivity contribution in [2.75, 3.05) is 6.67 Å². The fourth-order valence-corrected chi connectivity index (χ4v) is 8.74. The molecule has 2 aromatic rings. The first-order valence-electron chi connectivity index (χ1n) is 19.3. The summed E-state index contributed by atoms with van der Waals surface area (Å²) in [7, 11) is 0. The van der Waals surface area contributed by atoms with E-state index in [1.165, 1.54) is 128 Å². The van der Waals surface area contributed by atoms with Crippen LogP contribution in [0.4, 0.5) is 0 Å². The van der Waals surface area contributed by atoms with Gasteiger partial charge < -0.3 is 53.6 Å². The Kier molecular flexibility index (Phi) is 20.7. The van der Waals surface area contributed by atoms with E-state index in [1.54, 1.807) is 0 Å². The Hall–Kier alpha value is 0.208. The number of hydrogen-bond donors (Lipinski definition) is 0. The van der Waals surface area contributed by atoms with Crippen molar-refractivity contribution in [3.05, 3.63) is 75.6 Å². The van der Waals surface area contributed by atoms with Crippen LogP contribution in [0.1, 0.15) is 141 Å². The largest absolute Gasteiger partial charge is 0.247 e. The molecule has 4 fully saturated rings. The third-order valence-corrected chi connectivity index (χ3v) is 11.5. The number of halogens is 4. The standard InChI is InChI=1S/2C19H30N4.2BrH.2HI.Pt/c2*1-3-7-18(8-4-1)22-13-11-20(16-22)15-21-12-14-23(17-21)19-9-5-2-6-10-19;;;;;/h2*11-14,16-19H,1-10,15H2;4*1H;/q-2;+2;;;;;+4/p-4. The third-order valence-electron chi connectivity index (χ3n) is 11.5.